The summed E-state index contributed by atoms with van der Waals surface area (Å²) in [6.45, 7) is 2.95. The molecule has 25 heavy (non-hydrogen) atoms. The molecule has 2 rings (SSSR count). The Labute approximate surface area is 143 Å². The molecule has 1 atom stereocenters. The fourth-order valence-electron chi connectivity index (χ4n) is 2.17. The van der Waals surface area contributed by atoms with E-state index in [2.05, 4.69) is 5.32 Å². The molecule has 0 fully saturated rings. The third kappa shape index (κ3) is 4.03. The Hall–Kier alpha value is -3.16. The van der Waals surface area contributed by atoms with E-state index in [0.717, 1.165) is 4.57 Å². The quantitative estimate of drug-likeness (QED) is 0.804. The van der Waals surface area contributed by atoms with Gasteiger partial charge >= 0.3 is 5.69 Å². The lowest BCUT2D eigenvalue weighted by atomic mass is 10.1. The average molecular weight is 345 g/mol. The maximum Gasteiger partial charge on any atom is 0.330 e. The number of carbonyl (C=O) groups is 2. The first kappa shape index (κ1) is 18.2. The summed E-state index contributed by atoms with van der Waals surface area (Å²) in [5, 5.41) is 2.45. The van der Waals surface area contributed by atoms with Crippen LogP contribution in [0, 0.1) is 0 Å². The van der Waals surface area contributed by atoms with E-state index in [1.807, 2.05) is 0 Å². The summed E-state index contributed by atoms with van der Waals surface area (Å²) >= 11 is 0. The maximum absolute atomic E-state index is 12.3. The van der Waals surface area contributed by atoms with E-state index in [1.54, 1.807) is 18.2 Å². The number of hydrogen-bond donors (Lipinski definition) is 1. The Morgan fingerprint density at radius 3 is 2.52 bits per heavy atom. The number of ketones is 1. The highest BCUT2D eigenvalue weighted by atomic mass is 16.5. The Kier molecular flexibility index (Phi) is 5.21. The van der Waals surface area contributed by atoms with Crippen molar-refractivity contribution in [3.8, 4) is 5.75 Å². The summed E-state index contributed by atoms with van der Waals surface area (Å²) in [5.41, 5.74) is -0.657. The summed E-state index contributed by atoms with van der Waals surface area (Å²) in [4.78, 5) is 47.3. The highest BCUT2D eigenvalue weighted by Crippen LogP contribution is 2.15. The molecular formula is C17H19N3O5. The van der Waals surface area contributed by atoms with Crippen LogP contribution in [0.4, 0.5) is 5.69 Å². The van der Waals surface area contributed by atoms with Gasteiger partial charge in [-0.05, 0) is 26.0 Å². The zero-order valence-corrected chi connectivity index (χ0v) is 14.4. The van der Waals surface area contributed by atoms with Gasteiger partial charge in [0.1, 0.15) is 11.4 Å². The van der Waals surface area contributed by atoms with Gasteiger partial charge in [-0.3, -0.25) is 19.0 Å². The van der Waals surface area contributed by atoms with E-state index in [-0.39, 0.29) is 11.5 Å². The molecule has 1 aromatic carbocycles. The van der Waals surface area contributed by atoms with Crippen LogP contribution in [-0.4, -0.2) is 26.9 Å². The molecule has 1 amide bonds. The number of anilines is 1. The molecule has 0 unspecified atom stereocenters. The number of carbonyl (C=O) groups excluding carboxylic acids is 2. The van der Waals surface area contributed by atoms with Crippen LogP contribution in [0.15, 0.2) is 40.1 Å². The number of Topliss-reactive ketones (excluding diaryl/α,β-unsaturated/α-hetero) is 1. The van der Waals surface area contributed by atoms with Crippen molar-refractivity contribution in [2.45, 2.75) is 20.0 Å². The second kappa shape index (κ2) is 7.16. The van der Waals surface area contributed by atoms with Crippen LogP contribution in [0.1, 0.15) is 24.2 Å². The molecule has 0 saturated heterocycles. The lowest BCUT2D eigenvalue weighted by Gasteiger charge is -2.15. The molecule has 1 heterocycles. The minimum absolute atomic E-state index is 0.0254. The number of ether oxygens (including phenoxy) is 1. The molecule has 0 aliphatic carbocycles. The Balaban J connectivity index is 2.16. The third-order valence-corrected chi connectivity index (χ3v) is 3.63. The van der Waals surface area contributed by atoms with Gasteiger partial charge in [0, 0.05) is 25.9 Å². The van der Waals surface area contributed by atoms with Crippen LogP contribution in [0.2, 0.25) is 0 Å². The average Bonchev–Trinajstić information content (AvgIpc) is 2.57. The minimum atomic E-state index is -0.913. The molecule has 8 heteroatoms. The number of nitrogens with one attached hydrogen (secondary N) is 1. The Morgan fingerprint density at radius 2 is 1.88 bits per heavy atom. The largest absolute Gasteiger partial charge is 0.481 e. The van der Waals surface area contributed by atoms with Crippen molar-refractivity contribution in [2.24, 2.45) is 14.1 Å². The summed E-state index contributed by atoms with van der Waals surface area (Å²) in [6.07, 6.45) is 0.343. The van der Waals surface area contributed by atoms with Gasteiger partial charge in [-0.15, -0.1) is 0 Å². The standard InChI is InChI=1S/C17H19N3O5/c1-10(21)12-6-5-7-13(8-12)25-11(2)15(22)18-14-9-19(3)17(24)20(4)16(14)23/h5-9,11H,1-4H3,(H,18,22)/t11-/m1/s1. The monoisotopic (exact) mass is 345 g/mol. The first-order valence-electron chi connectivity index (χ1n) is 7.56. The number of aryl methyl sites for hydroxylation is 1. The first-order valence-corrected chi connectivity index (χ1v) is 7.56. The number of aromatic nitrogens is 2. The van der Waals surface area contributed by atoms with Gasteiger partial charge in [-0.25, -0.2) is 4.79 Å². The van der Waals surface area contributed by atoms with Gasteiger partial charge in [-0.1, -0.05) is 12.1 Å². The molecule has 0 saturated carbocycles. The predicted molar refractivity (Wildman–Crippen MR) is 92.1 cm³/mol. The maximum atomic E-state index is 12.3. The van der Waals surface area contributed by atoms with Gasteiger partial charge < -0.3 is 14.6 Å². The molecule has 2 aromatic rings. The number of benzene rings is 1. The van der Waals surface area contributed by atoms with Crippen LogP contribution in [-0.2, 0) is 18.9 Å². The minimum Gasteiger partial charge on any atom is -0.481 e. The van der Waals surface area contributed by atoms with Crippen LogP contribution in [0.5, 0.6) is 5.75 Å². The normalized spacial score (nSPS) is 11.7. The molecule has 0 aliphatic heterocycles. The second-order valence-corrected chi connectivity index (χ2v) is 5.63. The van der Waals surface area contributed by atoms with Gasteiger partial charge in [0.05, 0.1) is 0 Å². The molecular weight excluding hydrogens is 326 g/mol. The van der Waals surface area contributed by atoms with Crippen molar-refractivity contribution in [3.63, 3.8) is 0 Å². The van der Waals surface area contributed by atoms with Crippen molar-refractivity contribution in [2.75, 3.05) is 5.32 Å². The lowest BCUT2D eigenvalue weighted by molar-refractivity contribution is -0.122. The Bertz CT molecular complexity index is 942. The van der Waals surface area contributed by atoms with Crippen molar-refractivity contribution >= 4 is 17.4 Å². The molecule has 0 spiro atoms. The molecule has 1 N–H and O–H groups in total. The number of rotatable bonds is 5. The molecule has 8 nitrogen and oxygen atoms in total. The Morgan fingerprint density at radius 1 is 1.20 bits per heavy atom. The van der Waals surface area contributed by atoms with E-state index in [4.69, 9.17) is 4.74 Å². The second-order valence-electron chi connectivity index (χ2n) is 5.63. The van der Waals surface area contributed by atoms with Crippen LogP contribution >= 0.6 is 0 Å². The lowest BCUT2D eigenvalue weighted by Crippen LogP contribution is -2.40. The molecule has 0 bridgehead atoms. The fourth-order valence-corrected chi connectivity index (χ4v) is 2.17. The van der Waals surface area contributed by atoms with Gasteiger partial charge in [0.2, 0.25) is 0 Å². The molecule has 0 aliphatic rings. The van der Waals surface area contributed by atoms with Crippen LogP contribution in [0.25, 0.3) is 0 Å². The zero-order valence-electron chi connectivity index (χ0n) is 14.4. The number of amides is 1. The number of hydrogen-bond acceptors (Lipinski definition) is 5. The first-order chi connectivity index (χ1) is 11.7. The predicted octanol–water partition coefficient (Wildman–Crippen LogP) is 0.693. The molecule has 0 radical (unpaired) electrons. The highest BCUT2D eigenvalue weighted by molar-refractivity contribution is 5.95. The molecule has 1 aromatic heterocycles. The van der Waals surface area contributed by atoms with E-state index >= 15 is 0 Å². The van der Waals surface area contributed by atoms with Crippen LogP contribution < -0.4 is 21.3 Å². The highest BCUT2D eigenvalue weighted by Gasteiger charge is 2.18. The van der Waals surface area contributed by atoms with E-state index in [0.29, 0.717) is 11.3 Å². The van der Waals surface area contributed by atoms with E-state index in [1.165, 1.54) is 44.8 Å². The SMILES string of the molecule is CC(=O)c1cccc(O[C@H](C)C(=O)Nc2cn(C)c(=O)n(C)c2=O)c1. The van der Waals surface area contributed by atoms with Gasteiger partial charge in [0.15, 0.2) is 11.9 Å². The summed E-state index contributed by atoms with van der Waals surface area (Å²) in [5.74, 6) is -0.302. The van der Waals surface area contributed by atoms with Crippen molar-refractivity contribution in [1.29, 1.82) is 0 Å². The van der Waals surface area contributed by atoms with Crippen molar-refractivity contribution < 1.29 is 14.3 Å². The summed E-state index contributed by atoms with van der Waals surface area (Å²) in [6, 6.07) is 6.46. The van der Waals surface area contributed by atoms with Gasteiger partial charge in [-0.2, -0.15) is 0 Å². The zero-order chi connectivity index (χ0) is 18.7. The summed E-state index contributed by atoms with van der Waals surface area (Å²) < 4.78 is 7.62. The topological polar surface area (TPSA) is 99.4 Å². The number of nitrogens with zero attached hydrogens (tertiary/aromatic N) is 2. The van der Waals surface area contributed by atoms with E-state index in [9.17, 15) is 19.2 Å². The van der Waals surface area contributed by atoms with Gasteiger partial charge in [0.25, 0.3) is 11.5 Å². The summed E-state index contributed by atoms with van der Waals surface area (Å²) in [7, 11) is 2.80. The molecule has 132 valence electrons. The fraction of sp³-hybridized carbons (Fsp3) is 0.294. The van der Waals surface area contributed by atoms with E-state index < -0.39 is 23.3 Å². The van der Waals surface area contributed by atoms with Crippen LogP contribution in [0.3, 0.4) is 0 Å². The smallest absolute Gasteiger partial charge is 0.330 e. The van der Waals surface area contributed by atoms with Crippen molar-refractivity contribution in [3.05, 3.63) is 56.9 Å². The van der Waals surface area contributed by atoms with Crippen molar-refractivity contribution in [1.82, 2.24) is 9.13 Å². The third-order valence-electron chi connectivity index (χ3n) is 3.63.